The first-order valence-electron chi connectivity index (χ1n) is 9.21. The van der Waals surface area contributed by atoms with Crippen molar-refractivity contribution in [2.75, 3.05) is 44.6 Å². The largest absolute Gasteiger partial charge is 0.493 e. The van der Waals surface area contributed by atoms with Crippen LogP contribution in [0.2, 0.25) is 0 Å². The first kappa shape index (κ1) is 19.1. The van der Waals surface area contributed by atoms with E-state index in [0.29, 0.717) is 17.2 Å². The third kappa shape index (κ3) is 4.35. The van der Waals surface area contributed by atoms with E-state index in [1.54, 1.807) is 21.3 Å². The molecule has 2 heterocycles. The SMILES string of the molecule is COc1cc(Nc2cc(N3CCC(C)CC3)nc(C)n2)cc(OC)c1OC. The Balaban J connectivity index is 1.87. The van der Waals surface area contributed by atoms with Crippen molar-refractivity contribution in [2.24, 2.45) is 5.92 Å². The Bertz CT molecular complexity index is 764. The Labute approximate surface area is 160 Å². The van der Waals surface area contributed by atoms with Crippen LogP contribution >= 0.6 is 0 Å². The summed E-state index contributed by atoms with van der Waals surface area (Å²) in [6, 6.07) is 5.72. The number of rotatable bonds is 6. The van der Waals surface area contributed by atoms with Gasteiger partial charge in [-0.05, 0) is 25.7 Å². The standard InChI is InChI=1S/C20H28N4O3/c1-13-6-8-24(9-7-13)19-12-18(21-14(2)22-19)23-15-10-16(25-3)20(27-5)17(11-15)26-4/h10-13H,6-9H2,1-5H3,(H,21,22,23). The fourth-order valence-electron chi connectivity index (χ4n) is 3.32. The fourth-order valence-corrected chi connectivity index (χ4v) is 3.32. The summed E-state index contributed by atoms with van der Waals surface area (Å²) in [5, 5.41) is 3.34. The number of piperidine rings is 1. The highest BCUT2D eigenvalue weighted by Crippen LogP contribution is 2.40. The molecule has 3 rings (SSSR count). The van der Waals surface area contributed by atoms with Gasteiger partial charge in [-0.15, -0.1) is 0 Å². The van der Waals surface area contributed by atoms with Gasteiger partial charge in [0.1, 0.15) is 17.5 Å². The van der Waals surface area contributed by atoms with Gasteiger partial charge in [0.15, 0.2) is 11.5 Å². The molecule has 0 aliphatic carbocycles. The molecular weight excluding hydrogens is 344 g/mol. The zero-order valence-electron chi connectivity index (χ0n) is 16.7. The normalized spacial score (nSPS) is 14.8. The van der Waals surface area contributed by atoms with Crippen LogP contribution < -0.4 is 24.4 Å². The second kappa shape index (κ2) is 8.33. The van der Waals surface area contributed by atoms with Gasteiger partial charge in [0.05, 0.1) is 21.3 Å². The maximum atomic E-state index is 5.42. The van der Waals surface area contributed by atoms with Crippen molar-refractivity contribution >= 4 is 17.3 Å². The quantitative estimate of drug-likeness (QED) is 0.827. The molecule has 7 heteroatoms. The molecule has 0 amide bonds. The van der Waals surface area contributed by atoms with Crippen LogP contribution in [0.25, 0.3) is 0 Å². The van der Waals surface area contributed by atoms with Crippen LogP contribution in [0.5, 0.6) is 17.2 Å². The molecule has 146 valence electrons. The van der Waals surface area contributed by atoms with E-state index < -0.39 is 0 Å². The number of aryl methyl sites for hydroxylation is 1. The summed E-state index contributed by atoms with van der Waals surface area (Å²) >= 11 is 0. The van der Waals surface area contributed by atoms with E-state index in [0.717, 1.165) is 42.2 Å². The molecule has 0 unspecified atom stereocenters. The molecule has 1 fully saturated rings. The van der Waals surface area contributed by atoms with Crippen molar-refractivity contribution in [3.8, 4) is 17.2 Å². The first-order chi connectivity index (χ1) is 13.0. The molecule has 0 atom stereocenters. The van der Waals surface area contributed by atoms with Gasteiger partial charge in [0, 0.05) is 37.0 Å². The molecule has 1 aliphatic rings. The molecule has 2 aromatic rings. The molecule has 1 aromatic heterocycles. The van der Waals surface area contributed by atoms with Crippen molar-refractivity contribution in [1.82, 2.24) is 9.97 Å². The summed E-state index contributed by atoms with van der Waals surface area (Å²) in [5.41, 5.74) is 0.806. The van der Waals surface area contributed by atoms with Crippen molar-refractivity contribution in [3.63, 3.8) is 0 Å². The van der Waals surface area contributed by atoms with E-state index in [9.17, 15) is 0 Å². The van der Waals surface area contributed by atoms with Crippen molar-refractivity contribution in [2.45, 2.75) is 26.7 Å². The minimum atomic E-state index is 0.563. The van der Waals surface area contributed by atoms with E-state index in [1.165, 1.54) is 12.8 Å². The molecule has 27 heavy (non-hydrogen) atoms. The predicted molar refractivity (Wildman–Crippen MR) is 107 cm³/mol. The highest BCUT2D eigenvalue weighted by Gasteiger charge is 2.18. The number of hydrogen-bond donors (Lipinski definition) is 1. The van der Waals surface area contributed by atoms with E-state index in [2.05, 4.69) is 27.1 Å². The lowest BCUT2D eigenvalue weighted by molar-refractivity contribution is 0.324. The molecule has 7 nitrogen and oxygen atoms in total. The van der Waals surface area contributed by atoms with E-state index >= 15 is 0 Å². The lowest BCUT2D eigenvalue weighted by atomic mass is 9.99. The maximum absolute atomic E-state index is 5.42. The molecule has 0 radical (unpaired) electrons. The highest BCUT2D eigenvalue weighted by atomic mass is 16.5. The zero-order chi connectivity index (χ0) is 19.4. The van der Waals surface area contributed by atoms with Gasteiger partial charge in [-0.3, -0.25) is 0 Å². The van der Waals surface area contributed by atoms with Crippen LogP contribution in [0.3, 0.4) is 0 Å². The van der Waals surface area contributed by atoms with Gasteiger partial charge in [-0.1, -0.05) is 6.92 Å². The first-order valence-corrected chi connectivity index (χ1v) is 9.21. The van der Waals surface area contributed by atoms with Crippen LogP contribution in [0, 0.1) is 12.8 Å². The van der Waals surface area contributed by atoms with Gasteiger partial charge in [-0.2, -0.15) is 0 Å². The van der Waals surface area contributed by atoms with Crippen LogP contribution in [0.4, 0.5) is 17.3 Å². The summed E-state index contributed by atoms with van der Waals surface area (Å²) in [4.78, 5) is 11.5. The Hall–Kier alpha value is -2.70. The number of benzene rings is 1. The third-order valence-corrected chi connectivity index (χ3v) is 4.87. The number of hydrogen-bond acceptors (Lipinski definition) is 7. The van der Waals surface area contributed by atoms with Crippen LogP contribution in [0.1, 0.15) is 25.6 Å². The average Bonchev–Trinajstić information content (AvgIpc) is 2.67. The minimum absolute atomic E-state index is 0.563. The van der Waals surface area contributed by atoms with Gasteiger partial charge in [0.25, 0.3) is 0 Å². The molecule has 0 spiro atoms. The van der Waals surface area contributed by atoms with Crippen LogP contribution in [-0.2, 0) is 0 Å². The summed E-state index contributed by atoms with van der Waals surface area (Å²) < 4.78 is 16.2. The zero-order valence-corrected chi connectivity index (χ0v) is 16.7. The molecular formula is C20H28N4O3. The molecule has 1 aromatic carbocycles. The Morgan fingerprint density at radius 3 is 2.15 bits per heavy atom. The van der Waals surface area contributed by atoms with E-state index in [-0.39, 0.29) is 0 Å². The number of aromatic nitrogens is 2. The Morgan fingerprint density at radius 1 is 0.963 bits per heavy atom. The maximum Gasteiger partial charge on any atom is 0.203 e. The lowest BCUT2D eigenvalue weighted by Crippen LogP contribution is -2.33. The van der Waals surface area contributed by atoms with Gasteiger partial charge >= 0.3 is 0 Å². The molecule has 1 N–H and O–H groups in total. The van der Waals surface area contributed by atoms with Gasteiger partial charge < -0.3 is 24.4 Å². The van der Waals surface area contributed by atoms with Gasteiger partial charge in [-0.25, -0.2) is 9.97 Å². The molecule has 0 saturated carbocycles. The fraction of sp³-hybridized carbons (Fsp3) is 0.500. The molecule has 1 saturated heterocycles. The summed E-state index contributed by atoms with van der Waals surface area (Å²) in [5.74, 6) is 4.97. The minimum Gasteiger partial charge on any atom is -0.493 e. The topological polar surface area (TPSA) is 68.7 Å². The Morgan fingerprint density at radius 2 is 1.59 bits per heavy atom. The van der Waals surface area contributed by atoms with Crippen molar-refractivity contribution < 1.29 is 14.2 Å². The summed E-state index contributed by atoms with van der Waals surface area (Å²) in [7, 11) is 4.80. The number of methoxy groups -OCH3 is 3. The van der Waals surface area contributed by atoms with Crippen molar-refractivity contribution in [3.05, 3.63) is 24.0 Å². The second-order valence-electron chi connectivity index (χ2n) is 6.87. The number of anilines is 3. The van der Waals surface area contributed by atoms with Crippen molar-refractivity contribution in [1.29, 1.82) is 0 Å². The third-order valence-electron chi connectivity index (χ3n) is 4.87. The summed E-state index contributed by atoms with van der Waals surface area (Å²) in [6.07, 6.45) is 2.39. The van der Waals surface area contributed by atoms with Gasteiger partial charge in [0.2, 0.25) is 5.75 Å². The second-order valence-corrected chi connectivity index (χ2v) is 6.87. The Kier molecular flexibility index (Phi) is 5.88. The van der Waals surface area contributed by atoms with E-state index in [1.807, 2.05) is 25.1 Å². The molecule has 0 bridgehead atoms. The highest BCUT2D eigenvalue weighted by molar-refractivity contribution is 5.67. The number of nitrogens with zero attached hydrogens (tertiary/aromatic N) is 3. The van der Waals surface area contributed by atoms with E-state index in [4.69, 9.17) is 14.2 Å². The lowest BCUT2D eigenvalue weighted by Gasteiger charge is -2.31. The molecule has 1 aliphatic heterocycles. The monoisotopic (exact) mass is 372 g/mol. The van der Waals surface area contributed by atoms with Crippen LogP contribution in [0.15, 0.2) is 18.2 Å². The number of ether oxygens (including phenoxy) is 3. The predicted octanol–water partition coefficient (Wildman–Crippen LogP) is 3.79. The van der Waals surface area contributed by atoms with Crippen LogP contribution in [-0.4, -0.2) is 44.4 Å². The average molecular weight is 372 g/mol. The summed E-state index contributed by atoms with van der Waals surface area (Å²) in [6.45, 7) is 6.28. The smallest absolute Gasteiger partial charge is 0.203 e. The number of nitrogens with one attached hydrogen (secondary N) is 1.